The minimum absolute atomic E-state index is 0.0447. The molecule has 0 bridgehead atoms. The number of benzene rings is 1. The van der Waals surface area contributed by atoms with Crippen molar-refractivity contribution in [3.05, 3.63) is 30.1 Å². The van der Waals surface area contributed by atoms with Gasteiger partial charge in [0.25, 0.3) is 0 Å². The molecule has 1 aromatic rings. The molecule has 1 fully saturated rings. The van der Waals surface area contributed by atoms with E-state index in [1.807, 2.05) is 0 Å². The average molecular weight is 343 g/mol. The molecule has 2 rings (SSSR count). The lowest BCUT2D eigenvalue weighted by Gasteiger charge is -2.21. The Balaban J connectivity index is 2.31. The molecule has 0 radical (unpaired) electrons. The molecule has 1 heterocycles. The van der Waals surface area contributed by atoms with Gasteiger partial charge < -0.3 is 10.6 Å². The first-order valence-corrected chi connectivity index (χ1v) is 8.46. The molecule has 2 N–H and O–H groups in total. The Morgan fingerprint density at radius 1 is 1.17 bits per heavy atom. The third kappa shape index (κ3) is 3.85. The number of amides is 2. The predicted molar refractivity (Wildman–Crippen MR) is 80.1 cm³/mol. The van der Waals surface area contributed by atoms with Crippen LogP contribution < -0.4 is 5.73 Å². The molecular formula is C14H18FN3O4S. The number of carbonyl (C=O) groups excluding carboxylic acids is 2. The number of sulfonamides is 1. The molecule has 0 aromatic heterocycles. The molecule has 1 aliphatic rings. The van der Waals surface area contributed by atoms with Crippen LogP contribution in [0.5, 0.6) is 0 Å². The van der Waals surface area contributed by atoms with E-state index in [-0.39, 0.29) is 37.0 Å². The van der Waals surface area contributed by atoms with Gasteiger partial charge in [0, 0.05) is 33.1 Å². The van der Waals surface area contributed by atoms with Crippen LogP contribution in [-0.4, -0.2) is 55.6 Å². The molecule has 0 saturated carbocycles. The predicted octanol–water partition coefficient (Wildman–Crippen LogP) is -0.220. The van der Waals surface area contributed by atoms with Crippen LogP contribution in [0.3, 0.4) is 0 Å². The maximum atomic E-state index is 13.0. The van der Waals surface area contributed by atoms with Crippen molar-refractivity contribution >= 4 is 21.8 Å². The van der Waals surface area contributed by atoms with E-state index < -0.39 is 27.7 Å². The van der Waals surface area contributed by atoms with Gasteiger partial charge in [0.1, 0.15) is 5.82 Å². The minimum Gasteiger partial charge on any atom is -0.369 e. The number of nitrogens with zero attached hydrogens (tertiary/aromatic N) is 2. The zero-order valence-corrected chi connectivity index (χ0v) is 13.4. The molecule has 0 spiro atoms. The summed E-state index contributed by atoms with van der Waals surface area (Å²) < 4.78 is 39.4. The Morgan fingerprint density at radius 2 is 1.78 bits per heavy atom. The maximum Gasteiger partial charge on any atom is 0.243 e. The van der Waals surface area contributed by atoms with Crippen LogP contribution in [0.4, 0.5) is 4.39 Å². The Hall–Kier alpha value is -2.00. The molecular weight excluding hydrogens is 325 g/mol. The number of carbonyl (C=O) groups is 2. The van der Waals surface area contributed by atoms with Gasteiger partial charge in [-0.05, 0) is 24.3 Å². The van der Waals surface area contributed by atoms with Crippen molar-refractivity contribution < 1.29 is 22.4 Å². The van der Waals surface area contributed by atoms with Crippen molar-refractivity contribution in [2.24, 2.45) is 11.7 Å². The summed E-state index contributed by atoms with van der Waals surface area (Å²) in [6.07, 6.45) is 0. The quantitative estimate of drug-likeness (QED) is 0.820. The molecule has 9 heteroatoms. The fourth-order valence-corrected chi connectivity index (χ4v) is 3.90. The molecule has 2 amide bonds. The maximum absolute atomic E-state index is 13.0. The Labute approximate surface area is 133 Å². The molecule has 0 aliphatic carbocycles. The number of primary amides is 1. The van der Waals surface area contributed by atoms with Crippen molar-refractivity contribution in [2.75, 3.05) is 26.2 Å². The fourth-order valence-electron chi connectivity index (χ4n) is 2.42. The topological polar surface area (TPSA) is 101 Å². The zero-order valence-electron chi connectivity index (χ0n) is 12.6. The van der Waals surface area contributed by atoms with E-state index in [0.717, 1.165) is 28.6 Å². The second-order valence-corrected chi connectivity index (χ2v) is 7.32. The van der Waals surface area contributed by atoms with E-state index >= 15 is 0 Å². The SMILES string of the molecule is CC(=O)N1CCN(S(=O)(=O)c2ccc(F)cc2)C[C@@H](C(N)=O)C1. The van der Waals surface area contributed by atoms with Gasteiger partial charge >= 0.3 is 0 Å². The van der Waals surface area contributed by atoms with Crippen LogP contribution in [0.25, 0.3) is 0 Å². The summed E-state index contributed by atoms with van der Waals surface area (Å²) in [7, 11) is -3.90. The van der Waals surface area contributed by atoms with Gasteiger partial charge in [-0.1, -0.05) is 0 Å². The van der Waals surface area contributed by atoms with E-state index in [1.165, 1.54) is 11.8 Å². The smallest absolute Gasteiger partial charge is 0.243 e. The highest BCUT2D eigenvalue weighted by molar-refractivity contribution is 7.89. The molecule has 1 atom stereocenters. The van der Waals surface area contributed by atoms with E-state index in [2.05, 4.69) is 0 Å². The van der Waals surface area contributed by atoms with Crippen LogP contribution in [-0.2, 0) is 19.6 Å². The molecule has 23 heavy (non-hydrogen) atoms. The summed E-state index contributed by atoms with van der Waals surface area (Å²) in [4.78, 5) is 24.4. The van der Waals surface area contributed by atoms with Gasteiger partial charge in [0.2, 0.25) is 21.8 Å². The second kappa shape index (κ2) is 6.63. The molecule has 1 saturated heterocycles. The van der Waals surface area contributed by atoms with Gasteiger partial charge in [-0.15, -0.1) is 0 Å². The summed E-state index contributed by atoms with van der Waals surface area (Å²) in [6.45, 7) is 1.53. The van der Waals surface area contributed by atoms with Crippen LogP contribution in [0.2, 0.25) is 0 Å². The van der Waals surface area contributed by atoms with Gasteiger partial charge in [-0.3, -0.25) is 9.59 Å². The zero-order chi connectivity index (χ0) is 17.2. The van der Waals surface area contributed by atoms with Crippen LogP contribution in [0.1, 0.15) is 6.92 Å². The van der Waals surface area contributed by atoms with Crippen molar-refractivity contribution in [2.45, 2.75) is 11.8 Å². The third-order valence-electron chi connectivity index (χ3n) is 3.78. The van der Waals surface area contributed by atoms with E-state index in [9.17, 15) is 22.4 Å². The standard InChI is InChI=1S/C14H18FN3O4S/c1-10(19)17-6-7-18(9-11(8-17)14(16)20)23(21,22)13-4-2-12(15)3-5-13/h2-5,11H,6-9H2,1H3,(H2,16,20)/t11-/m0/s1. The van der Waals surface area contributed by atoms with Crippen molar-refractivity contribution in [3.8, 4) is 0 Å². The monoisotopic (exact) mass is 343 g/mol. The lowest BCUT2D eigenvalue weighted by Crippen LogP contribution is -2.40. The van der Waals surface area contributed by atoms with Crippen LogP contribution in [0.15, 0.2) is 29.2 Å². The Bertz CT molecular complexity index is 705. The minimum atomic E-state index is -3.90. The Kier molecular flexibility index (Phi) is 5.00. The van der Waals surface area contributed by atoms with E-state index in [1.54, 1.807) is 0 Å². The normalized spacial score (nSPS) is 20.1. The summed E-state index contributed by atoms with van der Waals surface area (Å²) in [5, 5.41) is 0. The second-order valence-electron chi connectivity index (χ2n) is 5.38. The molecule has 1 aromatic carbocycles. The number of hydrogen-bond donors (Lipinski definition) is 1. The van der Waals surface area contributed by atoms with Gasteiger partial charge in [-0.25, -0.2) is 12.8 Å². The average Bonchev–Trinajstić information content (AvgIpc) is 2.71. The van der Waals surface area contributed by atoms with Crippen LogP contribution >= 0.6 is 0 Å². The van der Waals surface area contributed by atoms with Gasteiger partial charge in [0.05, 0.1) is 10.8 Å². The lowest BCUT2D eigenvalue weighted by molar-refractivity contribution is -0.130. The van der Waals surface area contributed by atoms with E-state index in [0.29, 0.717) is 0 Å². The van der Waals surface area contributed by atoms with Crippen molar-refractivity contribution in [1.82, 2.24) is 9.21 Å². The molecule has 7 nitrogen and oxygen atoms in total. The highest BCUT2D eigenvalue weighted by Crippen LogP contribution is 2.20. The molecule has 1 aliphatic heterocycles. The summed E-state index contributed by atoms with van der Waals surface area (Å²) in [6, 6.07) is 4.44. The summed E-state index contributed by atoms with van der Waals surface area (Å²) in [5.41, 5.74) is 5.32. The number of halogens is 1. The third-order valence-corrected chi connectivity index (χ3v) is 5.66. The largest absolute Gasteiger partial charge is 0.369 e. The van der Waals surface area contributed by atoms with E-state index in [4.69, 9.17) is 5.73 Å². The molecule has 0 unspecified atom stereocenters. The van der Waals surface area contributed by atoms with Crippen LogP contribution in [0, 0.1) is 11.7 Å². The highest BCUT2D eigenvalue weighted by Gasteiger charge is 2.34. The highest BCUT2D eigenvalue weighted by atomic mass is 32.2. The van der Waals surface area contributed by atoms with Crippen molar-refractivity contribution in [1.29, 1.82) is 0 Å². The number of nitrogens with two attached hydrogens (primary N) is 1. The first kappa shape index (κ1) is 17.4. The first-order chi connectivity index (χ1) is 10.7. The lowest BCUT2D eigenvalue weighted by atomic mass is 10.1. The summed E-state index contributed by atoms with van der Waals surface area (Å²) >= 11 is 0. The first-order valence-electron chi connectivity index (χ1n) is 7.02. The van der Waals surface area contributed by atoms with Gasteiger partial charge in [0.15, 0.2) is 0 Å². The number of rotatable bonds is 3. The summed E-state index contributed by atoms with van der Waals surface area (Å²) in [5.74, 6) is -2.26. The number of hydrogen-bond acceptors (Lipinski definition) is 4. The molecule has 126 valence electrons. The van der Waals surface area contributed by atoms with Gasteiger partial charge in [-0.2, -0.15) is 4.31 Å². The van der Waals surface area contributed by atoms with Crippen molar-refractivity contribution in [3.63, 3.8) is 0 Å². The fraction of sp³-hybridized carbons (Fsp3) is 0.429. The Morgan fingerprint density at radius 3 is 2.30 bits per heavy atom.